The van der Waals surface area contributed by atoms with Crippen molar-refractivity contribution in [1.29, 1.82) is 0 Å². The molecular weight excluding hydrogens is 366 g/mol. The highest BCUT2D eigenvalue weighted by Crippen LogP contribution is 2.32. The number of ether oxygens (including phenoxy) is 1. The fourth-order valence-corrected chi connectivity index (χ4v) is 3.68. The van der Waals surface area contributed by atoms with E-state index in [0.717, 1.165) is 5.56 Å². The number of anilines is 1. The van der Waals surface area contributed by atoms with Crippen molar-refractivity contribution in [3.63, 3.8) is 0 Å². The summed E-state index contributed by atoms with van der Waals surface area (Å²) in [6.45, 7) is 6.02. The molecule has 0 aliphatic rings. The predicted molar refractivity (Wildman–Crippen MR) is 102 cm³/mol. The van der Waals surface area contributed by atoms with Crippen LogP contribution in [-0.4, -0.2) is 25.2 Å². The van der Waals surface area contributed by atoms with E-state index in [1.54, 1.807) is 18.2 Å². The number of nitrogens with one attached hydrogen (secondary N) is 1. The fraction of sp³-hybridized carbons (Fsp3) is 0.263. The number of benzene rings is 2. The molecule has 27 heavy (non-hydrogen) atoms. The third-order valence-electron chi connectivity index (χ3n) is 3.97. The maximum absolute atomic E-state index is 12.8. The van der Waals surface area contributed by atoms with Crippen LogP contribution in [0.25, 0.3) is 11.5 Å². The molecule has 3 aromatic rings. The van der Waals surface area contributed by atoms with E-state index in [2.05, 4.69) is 14.9 Å². The lowest BCUT2D eigenvalue weighted by Gasteiger charge is -2.13. The van der Waals surface area contributed by atoms with Gasteiger partial charge in [0.1, 0.15) is 5.75 Å². The first-order valence-electron chi connectivity index (χ1n) is 8.63. The summed E-state index contributed by atoms with van der Waals surface area (Å²) >= 11 is 0. The molecule has 0 aliphatic carbocycles. The lowest BCUT2D eigenvalue weighted by molar-refractivity contribution is 0.339. The van der Waals surface area contributed by atoms with Crippen LogP contribution < -0.4 is 9.46 Å². The van der Waals surface area contributed by atoms with Gasteiger partial charge < -0.3 is 9.26 Å². The topological polar surface area (TPSA) is 94.3 Å². The molecule has 0 unspecified atom stereocenters. The smallest absolute Gasteiger partial charge is 0.261 e. The lowest BCUT2D eigenvalue weighted by atomic mass is 10.2. The van der Waals surface area contributed by atoms with Gasteiger partial charge >= 0.3 is 0 Å². The molecule has 8 heteroatoms. The normalized spacial score (nSPS) is 11.4. The van der Waals surface area contributed by atoms with Crippen molar-refractivity contribution >= 4 is 15.7 Å². The molecule has 0 atom stereocenters. The molecule has 0 fully saturated rings. The van der Waals surface area contributed by atoms with E-state index < -0.39 is 10.0 Å². The van der Waals surface area contributed by atoms with Gasteiger partial charge in [-0.15, -0.1) is 0 Å². The maximum Gasteiger partial charge on any atom is 0.261 e. The van der Waals surface area contributed by atoms with Gasteiger partial charge in [-0.3, -0.25) is 4.72 Å². The van der Waals surface area contributed by atoms with Crippen molar-refractivity contribution in [3.05, 3.63) is 53.9 Å². The number of rotatable bonds is 7. The largest absolute Gasteiger partial charge is 0.493 e. The molecule has 0 saturated heterocycles. The predicted octanol–water partition coefficient (Wildman–Crippen LogP) is 3.81. The minimum Gasteiger partial charge on any atom is -0.493 e. The summed E-state index contributed by atoms with van der Waals surface area (Å²) < 4.78 is 39.2. The van der Waals surface area contributed by atoms with E-state index in [1.165, 1.54) is 12.1 Å². The second-order valence-corrected chi connectivity index (χ2v) is 7.56. The number of sulfonamides is 1. The van der Waals surface area contributed by atoms with Gasteiger partial charge in [-0.05, 0) is 43.7 Å². The van der Waals surface area contributed by atoms with E-state index in [1.807, 2.05) is 32.9 Å². The molecule has 1 heterocycles. The molecule has 3 rings (SSSR count). The molecule has 0 saturated carbocycles. The van der Waals surface area contributed by atoms with Crippen LogP contribution in [-0.2, 0) is 16.4 Å². The molecule has 0 spiro atoms. The first kappa shape index (κ1) is 18.9. The summed E-state index contributed by atoms with van der Waals surface area (Å²) in [6.07, 6.45) is 0.611. The molecular formula is C19H21N3O4S. The second-order valence-electron chi connectivity index (χ2n) is 5.88. The van der Waals surface area contributed by atoms with Crippen molar-refractivity contribution in [2.24, 2.45) is 0 Å². The van der Waals surface area contributed by atoms with Crippen molar-refractivity contribution in [1.82, 2.24) is 10.1 Å². The lowest BCUT2D eigenvalue weighted by Crippen LogP contribution is -2.14. The quantitative estimate of drug-likeness (QED) is 0.662. The first-order chi connectivity index (χ1) is 12.9. The monoisotopic (exact) mass is 387 g/mol. The summed E-state index contributed by atoms with van der Waals surface area (Å²) in [7, 11) is -3.79. The first-order valence-corrected chi connectivity index (χ1v) is 10.1. The number of hydrogen-bond acceptors (Lipinski definition) is 6. The Morgan fingerprint density at radius 3 is 2.59 bits per heavy atom. The highest BCUT2D eigenvalue weighted by Gasteiger charge is 2.21. The zero-order valence-corrected chi connectivity index (χ0v) is 16.2. The minimum atomic E-state index is -3.79. The van der Waals surface area contributed by atoms with Gasteiger partial charge in [0.15, 0.2) is 5.82 Å². The van der Waals surface area contributed by atoms with Gasteiger partial charge in [0.05, 0.1) is 22.8 Å². The molecule has 142 valence electrons. The van der Waals surface area contributed by atoms with Gasteiger partial charge in [0.2, 0.25) is 0 Å². The van der Waals surface area contributed by atoms with E-state index >= 15 is 0 Å². The van der Waals surface area contributed by atoms with Crippen LogP contribution >= 0.6 is 0 Å². The van der Waals surface area contributed by atoms with Gasteiger partial charge in [-0.2, -0.15) is 4.98 Å². The van der Waals surface area contributed by atoms with Crippen molar-refractivity contribution in [2.45, 2.75) is 32.1 Å². The highest BCUT2D eigenvalue weighted by molar-refractivity contribution is 7.92. The van der Waals surface area contributed by atoms with E-state index in [0.29, 0.717) is 35.9 Å². The van der Waals surface area contributed by atoms with Crippen LogP contribution in [0.5, 0.6) is 5.75 Å². The molecule has 1 N–H and O–H groups in total. The van der Waals surface area contributed by atoms with Crippen LogP contribution in [0, 0.1) is 6.92 Å². The van der Waals surface area contributed by atoms with Crippen LogP contribution in [0.3, 0.4) is 0 Å². The maximum atomic E-state index is 12.8. The average molecular weight is 387 g/mol. The van der Waals surface area contributed by atoms with Gasteiger partial charge in [0, 0.05) is 6.42 Å². The molecule has 0 bridgehead atoms. The molecule has 1 aromatic heterocycles. The number of nitrogens with zero attached hydrogens (tertiary/aromatic N) is 2. The number of hydrogen-bond donors (Lipinski definition) is 1. The molecule has 7 nitrogen and oxygen atoms in total. The Bertz CT molecular complexity index is 1040. The summed E-state index contributed by atoms with van der Waals surface area (Å²) in [6, 6.07) is 11.8. The third-order valence-corrected chi connectivity index (χ3v) is 5.33. The van der Waals surface area contributed by atoms with Gasteiger partial charge in [0.25, 0.3) is 15.9 Å². The molecule has 0 aliphatic heterocycles. The number of aromatic nitrogens is 2. The Labute approximate surface area is 158 Å². The molecule has 0 amide bonds. The van der Waals surface area contributed by atoms with Gasteiger partial charge in [-0.1, -0.05) is 30.3 Å². The second kappa shape index (κ2) is 7.79. The number of aryl methyl sites for hydroxylation is 2. The molecule has 0 radical (unpaired) electrons. The zero-order chi connectivity index (χ0) is 19.4. The summed E-state index contributed by atoms with van der Waals surface area (Å²) in [5.41, 5.74) is 1.80. The molecule has 2 aromatic carbocycles. The van der Waals surface area contributed by atoms with E-state index in [-0.39, 0.29) is 10.8 Å². The van der Waals surface area contributed by atoms with Crippen molar-refractivity contribution in [2.75, 3.05) is 11.3 Å². The van der Waals surface area contributed by atoms with Crippen molar-refractivity contribution in [3.8, 4) is 17.2 Å². The Kier molecular flexibility index (Phi) is 5.46. The Morgan fingerprint density at radius 2 is 1.93 bits per heavy atom. The standard InChI is InChI=1S/C19H21N3O4S/c1-4-18-20-19(26-21-18)15-12-14(10-11-17(15)25-5-2)27(23,24)22-16-9-7-6-8-13(16)3/h6-12,22H,4-5H2,1-3H3. The highest BCUT2D eigenvalue weighted by atomic mass is 32.2. The van der Waals surface area contributed by atoms with Crippen LogP contribution in [0.15, 0.2) is 51.9 Å². The summed E-state index contributed by atoms with van der Waals surface area (Å²) in [5, 5.41) is 3.88. The van der Waals surface area contributed by atoms with Crippen molar-refractivity contribution < 1.29 is 17.7 Å². The third kappa shape index (κ3) is 4.11. The SMILES string of the molecule is CCOc1ccc(S(=O)(=O)Nc2ccccc2C)cc1-c1nc(CC)no1. The van der Waals surface area contributed by atoms with Crippen LogP contribution in [0.4, 0.5) is 5.69 Å². The summed E-state index contributed by atoms with van der Waals surface area (Å²) in [5.74, 6) is 1.25. The Morgan fingerprint density at radius 1 is 1.15 bits per heavy atom. The Hall–Kier alpha value is -2.87. The number of para-hydroxylation sites is 1. The average Bonchev–Trinajstić information content (AvgIpc) is 3.13. The van der Waals surface area contributed by atoms with Crippen LogP contribution in [0.2, 0.25) is 0 Å². The van der Waals surface area contributed by atoms with E-state index in [9.17, 15) is 8.42 Å². The van der Waals surface area contributed by atoms with Crippen LogP contribution in [0.1, 0.15) is 25.2 Å². The van der Waals surface area contributed by atoms with E-state index in [4.69, 9.17) is 9.26 Å². The Balaban J connectivity index is 2.03. The minimum absolute atomic E-state index is 0.0838. The summed E-state index contributed by atoms with van der Waals surface area (Å²) in [4.78, 5) is 4.37. The fourth-order valence-electron chi connectivity index (χ4n) is 2.52. The zero-order valence-electron chi connectivity index (χ0n) is 15.4. The van der Waals surface area contributed by atoms with Gasteiger partial charge in [-0.25, -0.2) is 8.42 Å².